The Kier molecular flexibility index (Phi) is 7.23. The highest BCUT2D eigenvalue weighted by Crippen LogP contribution is 2.38. The minimum atomic E-state index is -0.672. The molecule has 4 N–H and O–H groups in total. The highest BCUT2D eigenvalue weighted by molar-refractivity contribution is 5.71. The van der Waals surface area contributed by atoms with Crippen molar-refractivity contribution in [1.29, 1.82) is 0 Å². The van der Waals surface area contributed by atoms with E-state index in [0.717, 1.165) is 33.4 Å². The number of aromatic amines is 4. The lowest BCUT2D eigenvalue weighted by molar-refractivity contribution is 0.306. The van der Waals surface area contributed by atoms with Gasteiger partial charge in [-0.05, 0) is 55.2 Å². The van der Waals surface area contributed by atoms with E-state index in [1.165, 1.54) is 5.56 Å². The van der Waals surface area contributed by atoms with Crippen LogP contribution in [0.2, 0.25) is 0 Å². The first-order valence-corrected chi connectivity index (χ1v) is 13.9. The van der Waals surface area contributed by atoms with Crippen molar-refractivity contribution in [3.8, 4) is 28.3 Å². The van der Waals surface area contributed by atoms with Gasteiger partial charge in [0.25, 0.3) is 11.1 Å². The molecule has 0 aliphatic heterocycles. The smallest absolute Gasteiger partial charge is 0.268 e. The van der Waals surface area contributed by atoms with Gasteiger partial charge < -0.3 is 4.74 Å². The lowest BCUT2D eigenvalue weighted by Gasteiger charge is -2.18. The van der Waals surface area contributed by atoms with E-state index in [4.69, 9.17) is 4.74 Å². The molecule has 210 valence electrons. The number of rotatable bonds is 8. The van der Waals surface area contributed by atoms with E-state index in [2.05, 4.69) is 51.6 Å². The van der Waals surface area contributed by atoms with Crippen LogP contribution in [0.25, 0.3) is 22.5 Å². The van der Waals surface area contributed by atoms with Crippen LogP contribution in [-0.2, 0) is 6.61 Å². The third-order valence-corrected chi connectivity index (χ3v) is 7.63. The molecular formula is C35H32N4O3. The third-order valence-electron chi connectivity index (χ3n) is 7.63. The summed E-state index contributed by atoms with van der Waals surface area (Å²) in [5, 5.41) is 11.7. The minimum absolute atomic E-state index is 0.286. The summed E-state index contributed by atoms with van der Waals surface area (Å²) in [6, 6.07) is 31.7. The number of hydrogen-bond donors (Lipinski definition) is 4. The van der Waals surface area contributed by atoms with Crippen molar-refractivity contribution in [2.24, 2.45) is 0 Å². The van der Waals surface area contributed by atoms with E-state index >= 15 is 0 Å². The zero-order chi connectivity index (χ0) is 29.2. The van der Waals surface area contributed by atoms with Gasteiger partial charge in [0.1, 0.15) is 12.4 Å². The molecule has 7 heteroatoms. The average molecular weight is 557 g/mol. The monoisotopic (exact) mass is 556 g/mol. The second-order valence-corrected chi connectivity index (χ2v) is 10.7. The number of hydrogen-bond acceptors (Lipinski definition) is 3. The van der Waals surface area contributed by atoms with E-state index < -0.39 is 5.92 Å². The van der Waals surface area contributed by atoms with Crippen LogP contribution in [0.1, 0.15) is 44.9 Å². The van der Waals surface area contributed by atoms with Crippen molar-refractivity contribution in [2.45, 2.75) is 33.3 Å². The molecule has 0 fully saturated rings. The van der Waals surface area contributed by atoms with Crippen LogP contribution in [0.15, 0.2) is 107 Å². The number of aromatic nitrogens is 4. The average Bonchev–Trinajstić information content (AvgIpc) is 3.57. The van der Waals surface area contributed by atoms with E-state index in [1.807, 2.05) is 86.6 Å². The van der Waals surface area contributed by atoms with Gasteiger partial charge in [0.15, 0.2) is 0 Å². The Labute approximate surface area is 243 Å². The van der Waals surface area contributed by atoms with E-state index in [0.29, 0.717) is 34.9 Å². The number of benzene rings is 4. The molecule has 0 amide bonds. The predicted octanol–water partition coefficient (Wildman–Crippen LogP) is 6.74. The molecule has 2 heterocycles. The Morgan fingerprint density at radius 2 is 0.976 bits per heavy atom. The van der Waals surface area contributed by atoms with Gasteiger partial charge in [0.2, 0.25) is 0 Å². The Morgan fingerprint density at radius 1 is 0.548 bits per heavy atom. The number of aryl methyl sites for hydroxylation is 3. The first kappa shape index (κ1) is 26.9. The molecular weight excluding hydrogens is 524 g/mol. The summed E-state index contributed by atoms with van der Waals surface area (Å²) in [7, 11) is 0. The standard InChI is InChI=1S/C35H32N4O3/c1-21-4-10-24(11-5-21)20-42-28-18-16-25(17-19-28)29(30-32(36-38-34(30)40)26-12-6-22(2)7-13-26)31-33(37-39-35(31)41)27-14-8-23(3)9-15-27/h4-19,29H,20H2,1-3H3,(H2,36,38,40)(H2,37,39,41). The molecule has 6 aromatic rings. The first-order chi connectivity index (χ1) is 20.4. The summed E-state index contributed by atoms with van der Waals surface area (Å²) in [4.78, 5) is 27.0. The molecule has 2 aromatic heterocycles. The molecule has 0 radical (unpaired) electrons. The normalized spacial score (nSPS) is 11.2. The highest BCUT2D eigenvalue weighted by Gasteiger charge is 2.31. The molecule has 0 saturated heterocycles. The summed E-state index contributed by atoms with van der Waals surface area (Å²) >= 11 is 0. The molecule has 0 spiro atoms. The molecule has 6 rings (SSSR count). The largest absolute Gasteiger partial charge is 0.489 e. The Balaban J connectivity index is 1.46. The lowest BCUT2D eigenvalue weighted by Crippen LogP contribution is -2.20. The van der Waals surface area contributed by atoms with Gasteiger partial charge >= 0.3 is 0 Å². The fourth-order valence-electron chi connectivity index (χ4n) is 5.27. The van der Waals surface area contributed by atoms with E-state index in [9.17, 15) is 9.59 Å². The van der Waals surface area contributed by atoms with E-state index in [1.54, 1.807) is 0 Å². The van der Waals surface area contributed by atoms with E-state index in [-0.39, 0.29) is 11.1 Å². The Morgan fingerprint density at radius 3 is 1.43 bits per heavy atom. The zero-order valence-corrected chi connectivity index (χ0v) is 23.7. The summed E-state index contributed by atoms with van der Waals surface area (Å²) in [5.41, 5.74) is 8.61. The van der Waals surface area contributed by atoms with Crippen LogP contribution in [0.3, 0.4) is 0 Å². The van der Waals surface area contributed by atoms with Crippen LogP contribution in [0.5, 0.6) is 5.75 Å². The molecule has 0 aliphatic carbocycles. The summed E-state index contributed by atoms with van der Waals surface area (Å²) in [6.45, 7) is 6.53. The van der Waals surface area contributed by atoms with Gasteiger partial charge in [-0.3, -0.25) is 30.0 Å². The Hall–Kier alpha value is -5.30. The molecule has 0 unspecified atom stereocenters. The second-order valence-electron chi connectivity index (χ2n) is 10.7. The van der Waals surface area contributed by atoms with Gasteiger partial charge in [0, 0.05) is 5.92 Å². The second kappa shape index (κ2) is 11.3. The first-order valence-electron chi connectivity index (χ1n) is 13.9. The molecule has 0 bridgehead atoms. The van der Waals surface area contributed by atoms with Crippen LogP contribution in [0.4, 0.5) is 0 Å². The molecule has 0 atom stereocenters. The van der Waals surface area contributed by atoms with Crippen molar-refractivity contribution in [1.82, 2.24) is 20.4 Å². The fraction of sp³-hybridized carbons (Fsp3) is 0.143. The predicted molar refractivity (Wildman–Crippen MR) is 166 cm³/mol. The van der Waals surface area contributed by atoms with Crippen LogP contribution in [0, 0.1) is 20.8 Å². The maximum Gasteiger partial charge on any atom is 0.268 e. The van der Waals surface area contributed by atoms with Gasteiger partial charge in [-0.15, -0.1) is 0 Å². The maximum absolute atomic E-state index is 13.5. The van der Waals surface area contributed by atoms with Crippen LogP contribution < -0.4 is 15.9 Å². The number of ether oxygens (including phenoxy) is 1. The van der Waals surface area contributed by atoms with Crippen LogP contribution >= 0.6 is 0 Å². The summed E-state index contributed by atoms with van der Waals surface area (Å²) < 4.78 is 6.06. The number of H-pyrrole nitrogens is 4. The SMILES string of the molecule is Cc1ccc(COc2ccc(C(c3c(-c4ccc(C)cc4)[nH][nH]c3=O)c3c(-c4ccc(C)cc4)[nH][nH]c3=O)cc2)cc1. The molecule has 7 nitrogen and oxygen atoms in total. The zero-order valence-electron chi connectivity index (χ0n) is 23.7. The van der Waals surface area contributed by atoms with Crippen molar-refractivity contribution in [3.63, 3.8) is 0 Å². The fourth-order valence-corrected chi connectivity index (χ4v) is 5.27. The summed E-state index contributed by atoms with van der Waals surface area (Å²) in [6.07, 6.45) is 0. The summed E-state index contributed by atoms with van der Waals surface area (Å²) in [5.74, 6) is 0.0234. The van der Waals surface area contributed by atoms with Gasteiger partial charge in [-0.2, -0.15) is 0 Å². The lowest BCUT2D eigenvalue weighted by atomic mass is 9.83. The van der Waals surface area contributed by atoms with Crippen molar-refractivity contribution < 1.29 is 4.74 Å². The van der Waals surface area contributed by atoms with Crippen molar-refractivity contribution in [3.05, 3.63) is 157 Å². The molecule has 0 saturated carbocycles. The quantitative estimate of drug-likeness (QED) is 0.167. The Bertz CT molecular complexity index is 1830. The maximum atomic E-state index is 13.5. The van der Waals surface area contributed by atoms with Crippen molar-refractivity contribution >= 4 is 0 Å². The molecule has 4 aromatic carbocycles. The highest BCUT2D eigenvalue weighted by atomic mass is 16.5. The topological polar surface area (TPSA) is 107 Å². The van der Waals surface area contributed by atoms with Gasteiger partial charge in [0.05, 0.1) is 22.5 Å². The molecule has 42 heavy (non-hydrogen) atoms. The third kappa shape index (κ3) is 5.37. The van der Waals surface area contributed by atoms with Gasteiger partial charge in [-0.1, -0.05) is 102 Å². The molecule has 0 aliphatic rings. The van der Waals surface area contributed by atoms with Crippen LogP contribution in [-0.4, -0.2) is 20.4 Å². The van der Waals surface area contributed by atoms with Crippen molar-refractivity contribution in [2.75, 3.05) is 0 Å². The number of nitrogens with one attached hydrogen (secondary N) is 4. The van der Waals surface area contributed by atoms with Gasteiger partial charge in [-0.25, -0.2) is 0 Å². The minimum Gasteiger partial charge on any atom is -0.489 e.